The Labute approximate surface area is 204 Å². The van der Waals surface area contributed by atoms with Gasteiger partial charge in [0, 0.05) is 19.6 Å². The molecule has 10 heteroatoms. The van der Waals surface area contributed by atoms with Gasteiger partial charge in [-0.3, -0.25) is 4.79 Å². The molecule has 0 spiro atoms. The molecule has 5 rings (SSSR count). The van der Waals surface area contributed by atoms with Gasteiger partial charge >= 0.3 is 12.1 Å². The van der Waals surface area contributed by atoms with Crippen LogP contribution >= 0.6 is 0 Å². The van der Waals surface area contributed by atoms with Crippen molar-refractivity contribution in [2.45, 2.75) is 77.0 Å². The molecule has 3 fully saturated rings. The number of carbonyl (C=O) groups excluding carboxylic acids is 1. The van der Waals surface area contributed by atoms with E-state index in [4.69, 9.17) is 9.47 Å². The molecular weight excluding hydrogens is 450 g/mol. The van der Waals surface area contributed by atoms with Crippen LogP contribution in [-0.4, -0.2) is 60.7 Å². The SMILES string of the molecule is Cc1nc(-c2nnn(C)c2COC(=O)N2CCC3CCCC32)ccc1O[C@H]1CCC[C@H](C(=O)O)C1. The zero-order valence-electron chi connectivity index (χ0n) is 20.4. The molecule has 4 atom stereocenters. The molecule has 0 bridgehead atoms. The van der Waals surface area contributed by atoms with Gasteiger partial charge in [-0.1, -0.05) is 11.6 Å². The van der Waals surface area contributed by atoms with Gasteiger partial charge in [-0.25, -0.2) is 14.5 Å². The van der Waals surface area contributed by atoms with Crippen molar-refractivity contribution >= 4 is 12.1 Å². The monoisotopic (exact) mass is 483 g/mol. The number of carbonyl (C=O) groups is 2. The van der Waals surface area contributed by atoms with Crippen LogP contribution < -0.4 is 4.74 Å². The molecule has 0 radical (unpaired) electrons. The molecule has 35 heavy (non-hydrogen) atoms. The fourth-order valence-electron chi connectivity index (χ4n) is 5.87. The van der Waals surface area contributed by atoms with E-state index in [9.17, 15) is 14.7 Å². The van der Waals surface area contributed by atoms with Crippen LogP contribution in [0.15, 0.2) is 12.1 Å². The van der Waals surface area contributed by atoms with Gasteiger partial charge in [0.25, 0.3) is 0 Å². The lowest BCUT2D eigenvalue weighted by Gasteiger charge is -2.27. The molecule has 2 aromatic heterocycles. The van der Waals surface area contributed by atoms with Crippen molar-refractivity contribution in [3.05, 3.63) is 23.5 Å². The number of likely N-dealkylation sites (tertiary alicyclic amines) is 1. The number of ether oxygens (including phenoxy) is 2. The maximum Gasteiger partial charge on any atom is 0.410 e. The number of aryl methyl sites for hydroxylation is 2. The summed E-state index contributed by atoms with van der Waals surface area (Å²) >= 11 is 0. The van der Waals surface area contributed by atoms with Gasteiger partial charge in [0.05, 0.1) is 23.4 Å². The van der Waals surface area contributed by atoms with Crippen molar-refractivity contribution in [2.24, 2.45) is 18.9 Å². The third-order valence-corrected chi connectivity index (χ3v) is 7.82. The number of aromatic nitrogens is 4. The molecular formula is C25H33N5O5. The zero-order chi connectivity index (χ0) is 24.5. The van der Waals surface area contributed by atoms with Gasteiger partial charge < -0.3 is 19.5 Å². The summed E-state index contributed by atoms with van der Waals surface area (Å²) in [5.41, 5.74) is 2.56. The molecule has 2 saturated carbocycles. The first-order chi connectivity index (χ1) is 16.9. The molecule has 188 valence electrons. The number of hydrogen-bond acceptors (Lipinski definition) is 7. The van der Waals surface area contributed by atoms with Crippen LogP contribution in [0.25, 0.3) is 11.4 Å². The van der Waals surface area contributed by atoms with Crippen LogP contribution in [0.4, 0.5) is 4.79 Å². The lowest BCUT2D eigenvalue weighted by Crippen LogP contribution is -2.36. The number of nitrogens with zero attached hydrogens (tertiary/aromatic N) is 5. The maximum atomic E-state index is 12.8. The highest BCUT2D eigenvalue weighted by molar-refractivity contribution is 5.70. The van der Waals surface area contributed by atoms with Crippen molar-refractivity contribution in [2.75, 3.05) is 6.54 Å². The summed E-state index contributed by atoms with van der Waals surface area (Å²) in [4.78, 5) is 30.7. The van der Waals surface area contributed by atoms with E-state index in [1.807, 2.05) is 24.0 Å². The van der Waals surface area contributed by atoms with Crippen molar-refractivity contribution < 1.29 is 24.2 Å². The average Bonchev–Trinajstić information content (AvgIpc) is 3.55. The highest BCUT2D eigenvalue weighted by atomic mass is 16.6. The number of rotatable bonds is 6. The second kappa shape index (κ2) is 9.83. The van der Waals surface area contributed by atoms with Gasteiger partial charge in [-0.2, -0.15) is 0 Å². The molecule has 1 aliphatic heterocycles. The minimum atomic E-state index is -0.757. The first-order valence-electron chi connectivity index (χ1n) is 12.6. The normalized spacial score (nSPS) is 25.9. The summed E-state index contributed by atoms with van der Waals surface area (Å²) in [5, 5.41) is 17.7. The predicted octanol–water partition coefficient (Wildman–Crippen LogP) is 3.72. The maximum absolute atomic E-state index is 12.8. The summed E-state index contributed by atoms with van der Waals surface area (Å²) in [7, 11) is 1.77. The topological polar surface area (TPSA) is 120 Å². The molecule has 3 heterocycles. The minimum absolute atomic E-state index is 0.0726. The van der Waals surface area contributed by atoms with Crippen LogP contribution in [0.2, 0.25) is 0 Å². The summed E-state index contributed by atoms with van der Waals surface area (Å²) in [6.07, 6.45) is 6.99. The van der Waals surface area contributed by atoms with Crippen LogP contribution in [-0.2, 0) is 23.2 Å². The Morgan fingerprint density at radius 2 is 1.97 bits per heavy atom. The lowest BCUT2D eigenvalue weighted by atomic mass is 9.87. The number of fused-ring (bicyclic) bond motifs is 1. The van der Waals surface area contributed by atoms with E-state index in [-0.39, 0.29) is 24.7 Å². The quantitative estimate of drug-likeness (QED) is 0.660. The Kier molecular flexibility index (Phi) is 6.62. The highest BCUT2D eigenvalue weighted by Crippen LogP contribution is 2.38. The number of pyridine rings is 1. The Morgan fingerprint density at radius 1 is 1.14 bits per heavy atom. The molecule has 2 aromatic rings. The summed E-state index contributed by atoms with van der Waals surface area (Å²) in [5.74, 6) is 0.147. The van der Waals surface area contributed by atoms with E-state index in [1.54, 1.807) is 11.7 Å². The largest absolute Gasteiger partial charge is 0.489 e. The number of carboxylic acid groups (broad SMARTS) is 1. The number of aliphatic carboxylic acids is 1. The standard InChI is InChI=1S/C25H33N5O5/c1-15-22(35-18-7-3-6-17(13-18)24(31)32)10-9-19(26-15)23-21(29(2)28-27-23)14-34-25(33)30-12-11-16-5-4-8-20(16)30/h9-10,16-18,20H,3-8,11-14H2,1-2H3,(H,31,32)/t16?,17-,18-,20?/m0/s1. The third kappa shape index (κ3) is 4.83. The molecule has 3 aliphatic rings. The first-order valence-corrected chi connectivity index (χ1v) is 12.6. The van der Waals surface area contributed by atoms with Crippen molar-refractivity contribution in [3.8, 4) is 17.1 Å². The Hall–Kier alpha value is -3.17. The molecule has 10 nitrogen and oxygen atoms in total. The first kappa shape index (κ1) is 23.6. The second-order valence-corrected chi connectivity index (χ2v) is 10.0. The molecule has 2 unspecified atom stereocenters. The fraction of sp³-hybridized carbons (Fsp3) is 0.640. The average molecular weight is 484 g/mol. The van der Waals surface area contributed by atoms with Crippen LogP contribution in [0.5, 0.6) is 5.75 Å². The van der Waals surface area contributed by atoms with E-state index < -0.39 is 5.97 Å². The summed E-state index contributed by atoms with van der Waals surface area (Å²) in [6, 6.07) is 3.98. The second-order valence-electron chi connectivity index (χ2n) is 10.0. The van der Waals surface area contributed by atoms with Crippen LogP contribution in [0.3, 0.4) is 0 Å². The van der Waals surface area contributed by atoms with Crippen molar-refractivity contribution in [3.63, 3.8) is 0 Å². The van der Waals surface area contributed by atoms with E-state index in [1.165, 1.54) is 12.8 Å². The Bertz CT molecular complexity index is 1100. The van der Waals surface area contributed by atoms with Crippen LogP contribution in [0.1, 0.15) is 62.8 Å². The number of carboxylic acids is 1. The number of hydrogen-bond donors (Lipinski definition) is 1. The van der Waals surface area contributed by atoms with Gasteiger partial charge in [-0.05, 0) is 69.9 Å². The summed E-state index contributed by atoms with van der Waals surface area (Å²) < 4.78 is 13.4. The Morgan fingerprint density at radius 3 is 2.77 bits per heavy atom. The highest BCUT2D eigenvalue weighted by Gasteiger charge is 2.40. The van der Waals surface area contributed by atoms with Crippen molar-refractivity contribution in [1.82, 2.24) is 24.9 Å². The smallest absolute Gasteiger partial charge is 0.410 e. The van der Waals surface area contributed by atoms with Gasteiger partial charge in [0.2, 0.25) is 0 Å². The van der Waals surface area contributed by atoms with Gasteiger partial charge in [0.1, 0.15) is 23.7 Å². The van der Waals surface area contributed by atoms with Gasteiger partial charge in [0.15, 0.2) is 0 Å². The Balaban J connectivity index is 1.25. The molecule has 1 amide bonds. The van der Waals surface area contributed by atoms with Crippen LogP contribution in [0, 0.1) is 18.8 Å². The minimum Gasteiger partial charge on any atom is -0.489 e. The van der Waals surface area contributed by atoms with Gasteiger partial charge in [-0.15, -0.1) is 5.10 Å². The van der Waals surface area contributed by atoms with E-state index in [0.29, 0.717) is 53.3 Å². The van der Waals surface area contributed by atoms with E-state index in [2.05, 4.69) is 15.3 Å². The molecule has 2 aliphatic carbocycles. The molecule has 0 aromatic carbocycles. The molecule has 1 N–H and O–H groups in total. The predicted molar refractivity (Wildman–Crippen MR) is 126 cm³/mol. The molecule has 1 saturated heterocycles. The lowest BCUT2D eigenvalue weighted by molar-refractivity contribution is -0.143. The van der Waals surface area contributed by atoms with E-state index >= 15 is 0 Å². The number of amides is 1. The third-order valence-electron chi connectivity index (χ3n) is 7.82. The van der Waals surface area contributed by atoms with Crippen molar-refractivity contribution in [1.29, 1.82) is 0 Å². The zero-order valence-corrected chi connectivity index (χ0v) is 20.4. The fourth-order valence-corrected chi connectivity index (χ4v) is 5.87. The summed E-state index contributed by atoms with van der Waals surface area (Å²) in [6.45, 7) is 2.70. The van der Waals surface area contributed by atoms with E-state index in [0.717, 1.165) is 32.2 Å².